The second kappa shape index (κ2) is 6.70. The molecule has 1 aromatic carbocycles. The van der Waals surface area contributed by atoms with Gasteiger partial charge < -0.3 is 14.8 Å². The fourth-order valence-electron chi connectivity index (χ4n) is 1.19. The van der Waals surface area contributed by atoms with Crippen molar-refractivity contribution in [2.45, 2.75) is 0 Å². The number of nitrogens with one attached hydrogen (secondary N) is 3. The lowest BCUT2D eigenvalue weighted by Gasteiger charge is -2.06. The summed E-state index contributed by atoms with van der Waals surface area (Å²) in [7, 11) is 4.95. The highest BCUT2D eigenvalue weighted by atomic mass is 32.1. The molecule has 1 aromatic rings. The molecular formula is C11H16N3O2S+. The van der Waals surface area contributed by atoms with Crippen LogP contribution in [0.1, 0.15) is 5.56 Å². The van der Waals surface area contributed by atoms with E-state index in [4.69, 9.17) is 21.7 Å². The van der Waals surface area contributed by atoms with E-state index in [9.17, 15) is 0 Å². The molecule has 0 fully saturated rings. The molecule has 1 rings (SSSR count). The van der Waals surface area contributed by atoms with Gasteiger partial charge in [-0.05, 0) is 30.4 Å². The smallest absolute Gasteiger partial charge is 0.223 e. The number of methoxy groups -OCH3 is 2. The summed E-state index contributed by atoms with van der Waals surface area (Å²) in [5.74, 6) is 1.38. The highest BCUT2D eigenvalue weighted by Crippen LogP contribution is 2.26. The molecule has 0 saturated heterocycles. The zero-order chi connectivity index (χ0) is 12.7. The highest BCUT2D eigenvalue weighted by molar-refractivity contribution is 7.80. The topological polar surface area (TPSA) is 56.5 Å². The number of thiocarbonyl (C=S) groups is 1. The van der Waals surface area contributed by atoms with Crippen LogP contribution < -0.4 is 25.3 Å². The molecule has 0 aliphatic heterocycles. The van der Waals surface area contributed by atoms with E-state index in [1.807, 2.05) is 18.2 Å². The molecule has 0 aromatic heterocycles. The Balaban J connectivity index is 2.75. The van der Waals surface area contributed by atoms with E-state index >= 15 is 0 Å². The van der Waals surface area contributed by atoms with Gasteiger partial charge in [-0.2, -0.15) is 0 Å². The average molecular weight is 254 g/mol. The molecule has 0 bridgehead atoms. The van der Waals surface area contributed by atoms with Crippen LogP contribution in [0.15, 0.2) is 18.2 Å². The molecular weight excluding hydrogens is 238 g/mol. The molecule has 0 aliphatic carbocycles. The van der Waals surface area contributed by atoms with Crippen LogP contribution in [0.3, 0.4) is 0 Å². The summed E-state index contributed by atoms with van der Waals surface area (Å²) in [5, 5.41) is 6.17. The molecule has 0 saturated carbocycles. The maximum Gasteiger partial charge on any atom is 0.223 e. The second-order valence-corrected chi connectivity index (χ2v) is 3.52. The van der Waals surface area contributed by atoms with Crippen LogP contribution in [-0.2, 0) is 0 Å². The van der Waals surface area contributed by atoms with Gasteiger partial charge in [0.25, 0.3) is 0 Å². The Labute approximate surface area is 106 Å². The molecule has 3 N–H and O–H groups in total. The summed E-state index contributed by atoms with van der Waals surface area (Å²) in [6, 6.07) is 5.59. The van der Waals surface area contributed by atoms with Crippen molar-refractivity contribution < 1.29 is 14.6 Å². The Kier molecular flexibility index (Phi) is 5.22. The lowest BCUT2D eigenvalue weighted by molar-refractivity contribution is -0.500. The maximum atomic E-state index is 5.19. The van der Waals surface area contributed by atoms with Gasteiger partial charge in [0.05, 0.1) is 14.2 Å². The third kappa shape index (κ3) is 3.92. The van der Waals surface area contributed by atoms with Crippen molar-refractivity contribution in [1.82, 2.24) is 10.7 Å². The van der Waals surface area contributed by atoms with Gasteiger partial charge in [-0.1, -0.05) is 0 Å². The first-order chi connectivity index (χ1) is 8.21. The third-order valence-electron chi connectivity index (χ3n) is 2.06. The SMILES string of the molecule is CNC(=S)N[NH+]=Cc1ccc(OC)c(OC)c1. The van der Waals surface area contributed by atoms with E-state index in [0.717, 1.165) is 5.56 Å². The van der Waals surface area contributed by atoms with Crippen LogP contribution in [0.4, 0.5) is 0 Å². The second-order valence-electron chi connectivity index (χ2n) is 3.11. The van der Waals surface area contributed by atoms with Crippen molar-refractivity contribution in [2.75, 3.05) is 21.3 Å². The van der Waals surface area contributed by atoms with Gasteiger partial charge in [0.15, 0.2) is 17.7 Å². The molecule has 0 heterocycles. The van der Waals surface area contributed by atoms with E-state index in [1.54, 1.807) is 27.5 Å². The fraction of sp³-hybridized carbons (Fsp3) is 0.273. The number of rotatable bonds is 4. The zero-order valence-corrected chi connectivity index (χ0v) is 10.9. The summed E-state index contributed by atoms with van der Waals surface area (Å²) >= 11 is 4.91. The van der Waals surface area contributed by atoms with Gasteiger partial charge in [-0.25, -0.2) is 0 Å². The predicted molar refractivity (Wildman–Crippen MR) is 70.5 cm³/mol. The Morgan fingerprint density at radius 2 is 2.00 bits per heavy atom. The summed E-state index contributed by atoms with van der Waals surface area (Å²) in [6.45, 7) is 0. The first-order valence-electron chi connectivity index (χ1n) is 4.99. The quantitative estimate of drug-likeness (QED) is 0.374. The van der Waals surface area contributed by atoms with Crippen molar-refractivity contribution in [3.63, 3.8) is 0 Å². The zero-order valence-electron chi connectivity index (χ0n) is 10.0. The van der Waals surface area contributed by atoms with Crippen LogP contribution in [0.2, 0.25) is 0 Å². The van der Waals surface area contributed by atoms with E-state index in [1.165, 1.54) is 0 Å². The standard InChI is InChI=1S/C11H15N3O2S/c1-12-11(17)14-13-7-8-4-5-9(15-2)10(6-8)16-3/h4-7H,1-3H3,(H2,12,14,17)/p+1. The van der Waals surface area contributed by atoms with E-state index < -0.39 is 0 Å². The van der Waals surface area contributed by atoms with Crippen LogP contribution >= 0.6 is 12.2 Å². The lowest BCUT2D eigenvalue weighted by atomic mass is 10.2. The first-order valence-corrected chi connectivity index (χ1v) is 5.40. The van der Waals surface area contributed by atoms with Crippen molar-refractivity contribution >= 4 is 23.5 Å². The first kappa shape index (κ1) is 13.2. The number of hydrogen-bond acceptors (Lipinski definition) is 3. The minimum atomic E-state index is 0.515. The van der Waals surface area contributed by atoms with E-state index in [0.29, 0.717) is 16.6 Å². The summed E-state index contributed by atoms with van der Waals surface area (Å²) in [5.41, 5.74) is 3.73. The Morgan fingerprint density at radius 1 is 1.29 bits per heavy atom. The summed E-state index contributed by atoms with van der Waals surface area (Å²) < 4.78 is 10.3. The summed E-state index contributed by atoms with van der Waals surface area (Å²) in [4.78, 5) is 0. The molecule has 0 atom stereocenters. The molecule has 0 aliphatic rings. The van der Waals surface area contributed by atoms with Crippen LogP contribution in [0, 0.1) is 0 Å². The monoisotopic (exact) mass is 254 g/mol. The summed E-state index contributed by atoms with van der Waals surface area (Å²) in [6.07, 6.45) is 1.77. The van der Waals surface area contributed by atoms with Gasteiger partial charge in [-0.15, -0.1) is 10.5 Å². The maximum absolute atomic E-state index is 5.19. The van der Waals surface area contributed by atoms with Crippen molar-refractivity contribution in [2.24, 2.45) is 0 Å². The number of benzene rings is 1. The molecule has 5 nitrogen and oxygen atoms in total. The Bertz CT molecular complexity index is 421. The lowest BCUT2D eigenvalue weighted by Crippen LogP contribution is -2.82. The van der Waals surface area contributed by atoms with Crippen molar-refractivity contribution in [3.8, 4) is 11.5 Å². The Hall–Kier alpha value is -1.82. The highest BCUT2D eigenvalue weighted by Gasteiger charge is 2.04. The molecule has 6 heteroatoms. The van der Waals surface area contributed by atoms with Gasteiger partial charge >= 0.3 is 0 Å². The Morgan fingerprint density at radius 3 is 2.59 bits per heavy atom. The third-order valence-corrected chi connectivity index (χ3v) is 2.37. The minimum absolute atomic E-state index is 0.515. The van der Waals surface area contributed by atoms with E-state index in [2.05, 4.69) is 15.8 Å². The van der Waals surface area contributed by atoms with Crippen LogP contribution in [0.25, 0.3) is 0 Å². The fourth-order valence-corrected chi connectivity index (χ4v) is 1.25. The van der Waals surface area contributed by atoms with Crippen LogP contribution in [0.5, 0.6) is 11.5 Å². The number of hydrazone groups is 1. The molecule has 0 amide bonds. The van der Waals surface area contributed by atoms with Gasteiger partial charge in [0.2, 0.25) is 5.11 Å². The number of hydrogen-bond donors (Lipinski definition) is 3. The van der Waals surface area contributed by atoms with Gasteiger partial charge in [-0.3, -0.25) is 0 Å². The van der Waals surface area contributed by atoms with Crippen LogP contribution in [-0.4, -0.2) is 32.6 Å². The molecule has 0 unspecified atom stereocenters. The number of hydrazine groups is 1. The molecule has 17 heavy (non-hydrogen) atoms. The molecule has 92 valence electrons. The van der Waals surface area contributed by atoms with Crippen molar-refractivity contribution in [1.29, 1.82) is 0 Å². The van der Waals surface area contributed by atoms with Crippen molar-refractivity contribution in [3.05, 3.63) is 23.8 Å². The predicted octanol–water partition coefficient (Wildman–Crippen LogP) is -0.788. The molecule has 0 spiro atoms. The number of ether oxygens (including phenoxy) is 2. The van der Waals surface area contributed by atoms with Gasteiger partial charge in [0.1, 0.15) is 0 Å². The average Bonchev–Trinajstić information content (AvgIpc) is 2.38. The molecule has 0 radical (unpaired) electrons. The normalized spacial score (nSPS) is 10.1. The van der Waals surface area contributed by atoms with E-state index in [-0.39, 0.29) is 0 Å². The largest absolute Gasteiger partial charge is 0.493 e. The minimum Gasteiger partial charge on any atom is -0.493 e. The van der Waals surface area contributed by atoms with Gasteiger partial charge in [0, 0.05) is 12.6 Å².